The second kappa shape index (κ2) is 9.25. The van der Waals surface area contributed by atoms with Crippen molar-refractivity contribution < 1.29 is 9.50 Å². The van der Waals surface area contributed by atoms with Crippen LogP contribution in [0.2, 0.25) is 0 Å². The molecule has 0 aromatic carbocycles. The first-order valence-corrected chi connectivity index (χ1v) is 9.97. The summed E-state index contributed by atoms with van der Waals surface area (Å²) in [6.07, 6.45) is 12.6. The Morgan fingerprint density at radius 1 is 0.864 bits per heavy atom. The smallest absolute Gasteiger partial charge is 0.126 e. The summed E-state index contributed by atoms with van der Waals surface area (Å²) >= 11 is 0. The molecule has 0 heterocycles. The second-order valence-electron chi connectivity index (χ2n) is 8.04. The summed E-state index contributed by atoms with van der Waals surface area (Å²) in [7, 11) is 0. The number of halogens is 1. The van der Waals surface area contributed by atoms with Gasteiger partial charge in [-0.1, -0.05) is 46.0 Å². The van der Waals surface area contributed by atoms with Crippen molar-refractivity contribution in [2.24, 2.45) is 23.7 Å². The van der Waals surface area contributed by atoms with Gasteiger partial charge in [-0.25, -0.2) is 4.39 Å². The summed E-state index contributed by atoms with van der Waals surface area (Å²) < 4.78 is 13.9. The fourth-order valence-electron chi connectivity index (χ4n) is 5.06. The first kappa shape index (κ1) is 18.2. The summed E-state index contributed by atoms with van der Waals surface area (Å²) in [4.78, 5) is 0. The van der Waals surface area contributed by atoms with Gasteiger partial charge in [-0.2, -0.15) is 0 Å². The van der Waals surface area contributed by atoms with Crippen LogP contribution in [0.1, 0.15) is 90.9 Å². The van der Waals surface area contributed by atoms with E-state index in [0.29, 0.717) is 6.42 Å². The van der Waals surface area contributed by atoms with E-state index in [9.17, 15) is 9.50 Å². The van der Waals surface area contributed by atoms with Crippen molar-refractivity contribution in [1.82, 2.24) is 0 Å². The maximum atomic E-state index is 13.9. The average Bonchev–Trinajstić information content (AvgIpc) is 2.55. The minimum Gasteiger partial charge on any atom is -0.390 e. The van der Waals surface area contributed by atoms with Gasteiger partial charge in [0.05, 0.1) is 6.10 Å². The largest absolute Gasteiger partial charge is 0.390 e. The van der Waals surface area contributed by atoms with E-state index in [1.165, 1.54) is 51.4 Å². The van der Waals surface area contributed by atoms with Crippen LogP contribution < -0.4 is 0 Å². The molecule has 130 valence electrons. The molecule has 2 saturated carbocycles. The van der Waals surface area contributed by atoms with Crippen molar-refractivity contribution in [3.63, 3.8) is 0 Å². The molecule has 2 atom stereocenters. The van der Waals surface area contributed by atoms with Crippen LogP contribution in [0.3, 0.4) is 0 Å². The van der Waals surface area contributed by atoms with Crippen molar-refractivity contribution in [1.29, 1.82) is 0 Å². The zero-order valence-electron chi connectivity index (χ0n) is 14.8. The van der Waals surface area contributed by atoms with Gasteiger partial charge in [-0.3, -0.25) is 0 Å². The van der Waals surface area contributed by atoms with E-state index in [0.717, 1.165) is 37.0 Å². The van der Waals surface area contributed by atoms with E-state index in [1.807, 2.05) is 6.92 Å². The van der Waals surface area contributed by atoms with E-state index in [-0.39, 0.29) is 5.92 Å². The van der Waals surface area contributed by atoms with Crippen LogP contribution in [0, 0.1) is 23.7 Å². The number of aliphatic hydroxyl groups excluding tert-OH is 1. The third kappa shape index (κ3) is 4.94. The quantitative estimate of drug-likeness (QED) is 0.620. The highest BCUT2D eigenvalue weighted by Crippen LogP contribution is 2.43. The standard InChI is InChI=1S/C20H37FO/c1-3-5-15-7-9-16(10-8-15)17-11-13-18(14-12-17)20(22)19(21)6-4-2/h15-20,22H,3-14H2,1-2H3. The Hall–Kier alpha value is -0.110. The van der Waals surface area contributed by atoms with E-state index in [4.69, 9.17) is 0 Å². The topological polar surface area (TPSA) is 20.2 Å². The van der Waals surface area contributed by atoms with Crippen molar-refractivity contribution in [2.75, 3.05) is 0 Å². The van der Waals surface area contributed by atoms with Crippen molar-refractivity contribution in [2.45, 2.75) is 103 Å². The minimum atomic E-state index is -1.00. The fourth-order valence-corrected chi connectivity index (χ4v) is 5.06. The van der Waals surface area contributed by atoms with Crippen molar-refractivity contribution in [3.8, 4) is 0 Å². The van der Waals surface area contributed by atoms with Gasteiger partial charge in [0, 0.05) is 0 Å². The molecule has 1 N–H and O–H groups in total. The van der Waals surface area contributed by atoms with E-state index in [2.05, 4.69) is 6.92 Å². The Labute approximate surface area is 137 Å². The van der Waals surface area contributed by atoms with Gasteiger partial charge >= 0.3 is 0 Å². The number of hydrogen-bond donors (Lipinski definition) is 1. The Morgan fingerprint density at radius 3 is 1.91 bits per heavy atom. The second-order valence-corrected chi connectivity index (χ2v) is 8.04. The summed E-state index contributed by atoms with van der Waals surface area (Å²) in [5, 5.41) is 10.2. The van der Waals surface area contributed by atoms with Crippen LogP contribution >= 0.6 is 0 Å². The lowest BCUT2D eigenvalue weighted by molar-refractivity contribution is -0.000865. The molecule has 0 bridgehead atoms. The summed E-state index contributed by atoms with van der Waals surface area (Å²) in [5.74, 6) is 2.98. The molecule has 0 radical (unpaired) electrons. The normalized spacial score (nSPS) is 36.0. The van der Waals surface area contributed by atoms with E-state index < -0.39 is 12.3 Å². The van der Waals surface area contributed by atoms with Crippen molar-refractivity contribution in [3.05, 3.63) is 0 Å². The van der Waals surface area contributed by atoms with Crippen LogP contribution in [0.25, 0.3) is 0 Å². The molecule has 0 spiro atoms. The molecule has 2 unspecified atom stereocenters. The molecular weight excluding hydrogens is 275 g/mol. The van der Waals surface area contributed by atoms with Gasteiger partial charge in [-0.05, 0) is 68.6 Å². The van der Waals surface area contributed by atoms with E-state index >= 15 is 0 Å². The molecule has 2 aliphatic carbocycles. The highest BCUT2D eigenvalue weighted by atomic mass is 19.1. The Kier molecular flexibility index (Phi) is 7.67. The van der Waals surface area contributed by atoms with Crippen molar-refractivity contribution >= 4 is 0 Å². The van der Waals surface area contributed by atoms with Gasteiger partial charge in [0.1, 0.15) is 6.17 Å². The van der Waals surface area contributed by atoms with Crippen LogP contribution in [0.4, 0.5) is 4.39 Å². The molecule has 0 saturated heterocycles. The minimum absolute atomic E-state index is 0.217. The summed E-state index contributed by atoms with van der Waals surface area (Å²) in [6.45, 7) is 4.29. The molecular formula is C20H37FO. The molecule has 22 heavy (non-hydrogen) atoms. The lowest BCUT2D eigenvalue weighted by Crippen LogP contribution is -2.35. The Balaban J connectivity index is 1.71. The Morgan fingerprint density at radius 2 is 1.41 bits per heavy atom. The first-order valence-electron chi connectivity index (χ1n) is 9.97. The lowest BCUT2D eigenvalue weighted by atomic mass is 9.68. The van der Waals surface area contributed by atoms with Gasteiger partial charge in [0.25, 0.3) is 0 Å². The first-order chi connectivity index (χ1) is 10.7. The van der Waals surface area contributed by atoms with Gasteiger partial charge in [-0.15, -0.1) is 0 Å². The highest BCUT2D eigenvalue weighted by Gasteiger charge is 2.34. The average molecular weight is 313 g/mol. The molecule has 0 aromatic rings. The molecule has 0 aromatic heterocycles. The van der Waals surface area contributed by atoms with Crippen LogP contribution in [0.5, 0.6) is 0 Å². The fraction of sp³-hybridized carbons (Fsp3) is 1.00. The van der Waals surface area contributed by atoms with Gasteiger partial charge in [0.15, 0.2) is 0 Å². The van der Waals surface area contributed by atoms with Gasteiger partial charge < -0.3 is 5.11 Å². The lowest BCUT2D eigenvalue weighted by Gasteiger charge is -2.39. The molecule has 0 aliphatic heterocycles. The summed E-state index contributed by atoms with van der Waals surface area (Å²) in [5.41, 5.74) is 0. The molecule has 2 aliphatic rings. The number of rotatable bonds is 7. The Bertz CT molecular complexity index is 290. The molecule has 2 fully saturated rings. The molecule has 2 rings (SSSR count). The number of alkyl halides is 1. The monoisotopic (exact) mass is 312 g/mol. The van der Waals surface area contributed by atoms with E-state index in [1.54, 1.807) is 0 Å². The molecule has 2 heteroatoms. The predicted molar refractivity (Wildman–Crippen MR) is 91.6 cm³/mol. The molecule has 1 nitrogen and oxygen atoms in total. The zero-order valence-corrected chi connectivity index (χ0v) is 14.8. The number of aliphatic hydroxyl groups is 1. The van der Waals surface area contributed by atoms with Gasteiger partial charge in [0.2, 0.25) is 0 Å². The predicted octanol–water partition coefficient (Wildman–Crippen LogP) is 5.90. The number of hydrogen-bond acceptors (Lipinski definition) is 1. The third-order valence-corrected chi connectivity index (χ3v) is 6.49. The molecule has 0 amide bonds. The van der Waals surface area contributed by atoms with Crippen LogP contribution in [0.15, 0.2) is 0 Å². The van der Waals surface area contributed by atoms with Crippen LogP contribution in [-0.4, -0.2) is 17.4 Å². The maximum Gasteiger partial charge on any atom is 0.126 e. The summed E-state index contributed by atoms with van der Waals surface area (Å²) in [6, 6.07) is 0. The highest BCUT2D eigenvalue weighted by molar-refractivity contribution is 4.85. The van der Waals surface area contributed by atoms with Crippen LogP contribution in [-0.2, 0) is 0 Å². The maximum absolute atomic E-state index is 13.9. The third-order valence-electron chi connectivity index (χ3n) is 6.49. The zero-order chi connectivity index (χ0) is 15.9. The SMILES string of the molecule is CCCC1CCC(C2CCC(C(O)C(F)CCC)CC2)CC1.